The van der Waals surface area contributed by atoms with Gasteiger partial charge in [-0.05, 0) is 107 Å². The average Bonchev–Trinajstić information content (AvgIpc) is 3.28. The number of cyclic esters (lactones) is 1. The van der Waals surface area contributed by atoms with E-state index in [0.29, 0.717) is 63.4 Å². The number of fused-ring (bicyclic) bond motifs is 3. The second-order valence-corrected chi connectivity index (χ2v) is 19.6. The van der Waals surface area contributed by atoms with Crippen molar-refractivity contribution >= 4 is 29.2 Å². The van der Waals surface area contributed by atoms with Crippen LogP contribution < -0.4 is 0 Å². The van der Waals surface area contributed by atoms with Gasteiger partial charge in [-0.2, -0.15) is 0 Å². The molecule has 14 nitrogen and oxygen atoms in total. The number of methoxy groups -OCH3 is 3. The third kappa shape index (κ3) is 14.3. The Kier molecular flexibility index (Phi) is 21.0. The summed E-state index contributed by atoms with van der Waals surface area (Å²) in [6.07, 6.45) is 11.2. The molecule has 65 heavy (non-hydrogen) atoms. The predicted molar refractivity (Wildman–Crippen MR) is 245 cm³/mol. The molecule has 0 spiro atoms. The summed E-state index contributed by atoms with van der Waals surface area (Å²) in [6, 6.07) is -1.14. The third-order valence-electron chi connectivity index (χ3n) is 14.5. The zero-order valence-electron chi connectivity index (χ0n) is 40.6. The van der Waals surface area contributed by atoms with Crippen molar-refractivity contribution in [2.75, 3.05) is 27.9 Å². The Morgan fingerprint density at radius 1 is 0.846 bits per heavy atom. The lowest BCUT2D eigenvalue weighted by Gasteiger charge is -2.42. The number of carbonyl (C=O) groups is 5. The zero-order chi connectivity index (χ0) is 48.2. The van der Waals surface area contributed by atoms with E-state index in [0.717, 1.165) is 12.0 Å². The number of carbonyl (C=O) groups excluding carboxylic acids is 5. The first-order valence-corrected chi connectivity index (χ1v) is 23.9. The molecule has 0 aromatic carbocycles. The first kappa shape index (κ1) is 54.2. The summed E-state index contributed by atoms with van der Waals surface area (Å²) in [5.74, 6) is -7.96. The van der Waals surface area contributed by atoms with Crippen LogP contribution in [-0.4, -0.2) is 132 Å². The maximum atomic E-state index is 14.4. The number of Topliss-reactive ketones (excluding diaryl/α,β-unsaturated/α-hetero) is 3. The van der Waals surface area contributed by atoms with E-state index in [2.05, 4.69) is 0 Å². The zero-order valence-corrected chi connectivity index (χ0v) is 40.6. The summed E-state index contributed by atoms with van der Waals surface area (Å²) in [5, 5.41) is 33.8. The summed E-state index contributed by atoms with van der Waals surface area (Å²) < 4.78 is 29.4. The molecule has 2 saturated heterocycles. The molecular formula is C51H79NO13. The van der Waals surface area contributed by atoms with Crippen LogP contribution in [0.15, 0.2) is 47.6 Å². The van der Waals surface area contributed by atoms with E-state index < -0.39 is 83.9 Å². The first-order valence-electron chi connectivity index (χ1n) is 23.9. The van der Waals surface area contributed by atoms with Crippen LogP contribution in [0.1, 0.15) is 126 Å². The number of hydrogen-bond donors (Lipinski definition) is 3. The largest absolute Gasteiger partial charge is 0.460 e. The molecule has 0 aromatic heterocycles. The van der Waals surface area contributed by atoms with E-state index in [1.54, 1.807) is 41.1 Å². The summed E-state index contributed by atoms with van der Waals surface area (Å²) in [6.45, 7) is 12.7. The minimum atomic E-state index is -2.43. The molecular weight excluding hydrogens is 835 g/mol. The van der Waals surface area contributed by atoms with E-state index in [9.17, 15) is 39.3 Å². The van der Waals surface area contributed by atoms with Gasteiger partial charge in [0.15, 0.2) is 5.78 Å². The highest BCUT2D eigenvalue weighted by Crippen LogP contribution is 2.38. The van der Waals surface area contributed by atoms with Gasteiger partial charge in [-0.15, -0.1) is 0 Å². The van der Waals surface area contributed by atoms with Gasteiger partial charge in [0.1, 0.15) is 30.1 Å². The fourth-order valence-corrected chi connectivity index (χ4v) is 10.1. The number of rotatable bonds is 6. The van der Waals surface area contributed by atoms with Gasteiger partial charge in [0.25, 0.3) is 11.7 Å². The molecule has 3 fully saturated rings. The Hall–Kier alpha value is -3.37. The van der Waals surface area contributed by atoms with Gasteiger partial charge < -0.3 is 43.9 Å². The SMILES string of the molecule is COC1CC(CC(C)[C@@H]2CC(=O)C(C)/C=C(\C)[C@@H](O)C(OC)C(=O)C(C)C[C@H](C)/C=C/C=C/C=C(\C)[C@@H](OC)C[C@@H]3CC[C@@H](C)[C@@](O)(O3)C(=O)C(=O)N3CCCC[C@H]3C(=O)O2)CC[C@H]1O. The molecule has 4 rings (SSSR count). The smallest absolute Gasteiger partial charge is 0.329 e. The summed E-state index contributed by atoms with van der Waals surface area (Å²) in [7, 11) is 4.52. The molecule has 0 aromatic rings. The quantitative estimate of drug-likeness (QED) is 0.156. The van der Waals surface area contributed by atoms with Gasteiger partial charge in [-0.1, -0.05) is 71.1 Å². The Bertz CT molecular complexity index is 1760. The normalized spacial score (nSPS) is 40.4. The van der Waals surface area contributed by atoms with E-state index in [1.165, 1.54) is 12.0 Å². The van der Waals surface area contributed by atoms with E-state index >= 15 is 0 Å². The Morgan fingerprint density at radius 3 is 2.25 bits per heavy atom. The maximum absolute atomic E-state index is 14.4. The molecule has 15 atom stereocenters. The Balaban J connectivity index is 1.70. The van der Waals surface area contributed by atoms with Crippen LogP contribution in [0.2, 0.25) is 0 Å². The maximum Gasteiger partial charge on any atom is 0.329 e. The van der Waals surface area contributed by atoms with Crippen molar-refractivity contribution < 1.29 is 63.0 Å². The lowest BCUT2D eigenvalue weighted by Crippen LogP contribution is -2.61. The van der Waals surface area contributed by atoms with Crippen LogP contribution >= 0.6 is 0 Å². The van der Waals surface area contributed by atoms with Crippen molar-refractivity contribution in [2.24, 2.45) is 35.5 Å². The summed E-state index contributed by atoms with van der Waals surface area (Å²) in [4.78, 5) is 71.8. The summed E-state index contributed by atoms with van der Waals surface area (Å²) >= 11 is 0. The monoisotopic (exact) mass is 914 g/mol. The van der Waals surface area contributed by atoms with Crippen LogP contribution in [0.5, 0.6) is 0 Å². The lowest BCUT2D eigenvalue weighted by atomic mass is 9.78. The highest BCUT2D eigenvalue weighted by Gasteiger charge is 2.53. The number of piperidine rings is 1. The molecule has 4 aliphatic rings. The minimum absolute atomic E-state index is 0.0193. The van der Waals surface area contributed by atoms with Crippen LogP contribution in [0.3, 0.4) is 0 Å². The van der Waals surface area contributed by atoms with E-state index in [-0.39, 0.29) is 54.8 Å². The highest BCUT2D eigenvalue weighted by atomic mass is 16.6. The molecule has 1 saturated carbocycles. The van der Waals surface area contributed by atoms with Gasteiger partial charge in [0, 0.05) is 58.5 Å². The number of allylic oxidation sites excluding steroid dienone is 6. The topological polar surface area (TPSA) is 195 Å². The van der Waals surface area contributed by atoms with Gasteiger partial charge in [-0.3, -0.25) is 19.2 Å². The van der Waals surface area contributed by atoms with Crippen molar-refractivity contribution in [3.63, 3.8) is 0 Å². The van der Waals surface area contributed by atoms with E-state index in [4.69, 9.17) is 23.7 Å². The van der Waals surface area contributed by atoms with Crippen molar-refractivity contribution in [3.05, 3.63) is 47.6 Å². The van der Waals surface area contributed by atoms with Gasteiger partial charge in [-0.25, -0.2) is 4.79 Å². The van der Waals surface area contributed by atoms with Crippen molar-refractivity contribution in [1.82, 2.24) is 4.90 Å². The first-order chi connectivity index (χ1) is 30.7. The Morgan fingerprint density at radius 2 is 1.57 bits per heavy atom. The molecule has 3 aliphatic heterocycles. The van der Waals surface area contributed by atoms with Crippen LogP contribution in [0.25, 0.3) is 0 Å². The average molecular weight is 914 g/mol. The number of ether oxygens (including phenoxy) is 5. The summed E-state index contributed by atoms with van der Waals surface area (Å²) in [5.41, 5.74) is 1.27. The Labute approximate surface area is 387 Å². The highest BCUT2D eigenvalue weighted by molar-refractivity contribution is 6.39. The van der Waals surface area contributed by atoms with Crippen molar-refractivity contribution in [2.45, 2.75) is 180 Å². The van der Waals surface area contributed by atoms with Crippen LogP contribution in [0, 0.1) is 35.5 Å². The third-order valence-corrected chi connectivity index (χ3v) is 14.5. The molecule has 1 aliphatic carbocycles. The molecule has 1 amide bonds. The minimum Gasteiger partial charge on any atom is -0.460 e. The molecule has 3 N–H and O–H groups in total. The number of esters is 1. The number of aliphatic hydroxyl groups is 3. The molecule has 6 unspecified atom stereocenters. The van der Waals surface area contributed by atoms with Gasteiger partial charge in [0.2, 0.25) is 5.79 Å². The van der Waals surface area contributed by atoms with Crippen LogP contribution in [-0.2, 0) is 47.7 Å². The van der Waals surface area contributed by atoms with Crippen LogP contribution in [0.4, 0.5) is 0 Å². The second-order valence-electron chi connectivity index (χ2n) is 19.6. The standard InChI is InChI=1S/C51H79NO13/c1-30-16-12-11-13-17-31(2)42(61-8)28-38-21-19-36(7)51(60,65-38)48(57)49(58)52-23-15-14-18-39(52)50(59)64-43(33(4)26-37-20-22-40(53)44(27-37)62-9)29-41(54)32(3)25-35(6)46(56)47(63-10)45(55)34(5)24-30/h11-13,16-17,25,30,32-34,36-40,42-44,46-47,53,56,60H,14-15,18-24,26-29H2,1-10H3/b13-11+,16-12+,31-17+,35-25+/t30-,32?,33?,34?,36-,37?,38+,39+,40-,42+,43+,44?,46-,47?,51-/m1/s1. The predicted octanol–water partition coefficient (Wildman–Crippen LogP) is 6.18. The number of hydrogen-bond acceptors (Lipinski definition) is 13. The fraction of sp³-hybridized carbons (Fsp3) is 0.745. The lowest BCUT2D eigenvalue weighted by molar-refractivity contribution is -0.265. The number of ketones is 3. The van der Waals surface area contributed by atoms with Gasteiger partial charge >= 0.3 is 5.97 Å². The van der Waals surface area contributed by atoms with Crippen molar-refractivity contribution in [1.29, 1.82) is 0 Å². The van der Waals surface area contributed by atoms with Gasteiger partial charge in [0.05, 0.1) is 24.4 Å². The van der Waals surface area contributed by atoms with Crippen molar-refractivity contribution in [3.8, 4) is 0 Å². The number of nitrogens with zero attached hydrogens (tertiary/aromatic N) is 1. The number of aliphatic hydroxyl groups excluding tert-OH is 2. The number of amides is 1. The molecule has 0 radical (unpaired) electrons. The fourth-order valence-electron chi connectivity index (χ4n) is 10.1. The second kappa shape index (κ2) is 25.1. The molecule has 14 heteroatoms. The molecule has 3 heterocycles. The van der Waals surface area contributed by atoms with E-state index in [1.807, 2.05) is 58.1 Å². The molecule has 366 valence electrons. The molecule has 2 bridgehead atoms.